The molecule has 29 heavy (non-hydrogen) atoms. The first-order valence-corrected chi connectivity index (χ1v) is 10.5. The van der Waals surface area contributed by atoms with Crippen LogP contribution in [0, 0.1) is 22.0 Å². The lowest BCUT2D eigenvalue weighted by Gasteiger charge is -2.37. The zero-order valence-corrected chi connectivity index (χ0v) is 17.7. The third-order valence-corrected chi connectivity index (χ3v) is 6.09. The smallest absolute Gasteiger partial charge is 0.288 e. The topological polar surface area (TPSA) is 88.2 Å². The molecule has 158 valence electrons. The van der Waals surface area contributed by atoms with E-state index in [0.29, 0.717) is 44.6 Å². The van der Waals surface area contributed by atoms with Gasteiger partial charge in [0.15, 0.2) is 6.54 Å². The minimum absolute atomic E-state index is 0.0145. The third kappa shape index (κ3) is 5.25. The molecule has 0 saturated carbocycles. The summed E-state index contributed by atoms with van der Waals surface area (Å²) in [4.78, 5) is 40.7. The van der Waals surface area contributed by atoms with E-state index in [9.17, 15) is 19.7 Å². The van der Waals surface area contributed by atoms with Gasteiger partial charge in [-0.3, -0.25) is 19.7 Å². The fourth-order valence-corrected chi connectivity index (χ4v) is 4.55. The molecule has 2 fully saturated rings. The molecule has 2 saturated heterocycles. The number of nitrogens with zero attached hydrogens (tertiary/aromatic N) is 3. The molecule has 2 atom stereocenters. The second-order valence-corrected chi connectivity index (χ2v) is 8.79. The van der Waals surface area contributed by atoms with Gasteiger partial charge < -0.3 is 14.7 Å². The van der Waals surface area contributed by atoms with Crippen molar-refractivity contribution in [3.05, 3.63) is 38.9 Å². The monoisotopic (exact) mass is 423 g/mol. The molecule has 1 aromatic rings. The molecule has 0 aliphatic carbocycles. The first kappa shape index (κ1) is 21.5. The van der Waals surface area contributed by atoms with E-state index < -0.39 is 4.92 Å². The van der Waals surface area contributed by atoms with Crippen molar-refractivity contribution in [3.63, 3.8) is 0 Å². The van der Waals surface area contributed by atoms with E-state index in [1.807, 2.05) is 4.90 Å². The predicted molar refractivity (Wildman–Crippen MR) is 109 cm³/mol. The van der Waals surface area contributed by atoms with Crippen molar-refractivity contribution in [3.8, 4) is 0 Å². The van der Waals surface area contributed by atoms with Crippen LogP contribution in [0.2, 0.25) is 5.02 Å². The Hall–Kier alpha value is -2.19. The number of carbonyl (C=O) groups excluding carboxylic acids is 2. The van der Waals surface area contributed by atoms with Crippen LogP contribution in [0.25, 0.3) is 0 Å². The number of carbonyl (C=O) groups is 2. The summed E-state index contributed by atoms with van der Waals surface area (Å²) >= 11 is 5.83. The van der Waals surface area contributed by atoms with E-state index in [0.717, 1.165) is 13.1 Å². The molecule has 0 aromatic heterocycles. The van der Waals surface area contributed by atoms with Gasteiger partial charge in [0.25, 0.3) is 17.5 Å². The zero-order valence-electron chi connectivity index (χ0n) is 16.9. The number of rotatable bonds is 4. The quantitative estimate of drug-likeness (QED) is 0.580. The SMILES string of the molecule is C[C@@H]1C[C@@H](C)CN(C(=O)C[NH+]2CCN(C(=O)c3ccc(Cl)c([N+](=O)[O-])c3)CC2)C1. The molecular weight excluding hydrogens is 396 g/mol. The molecule has 2 heterocycles. The Kier molecular flexibility index (Phi) is 6.74. The molecular formula is C20H28ClN4O4+. The number of hydrogen-bond acceptors (Lipinski definition) is 4. The second kappa shape index (κ2) is 9.09. The first-order valence-electron chi connectivity index (χ1n) is 10.1. The van der Waals surface area contributed by atoms with Crippen molar-refractivity contribution in [2.24, 2.45) is 11.8 Å². The number of hydrogen-bond donors (Lipinski definition) is 1. The number of nitro benzene ring substituents is 1. The lowest BCUT2D eigenvalue weighted by Crippen LogP contribution is -3.15. The van der Waals surface area contributed by atoms with Crippen LogP contribution in [-0.4, -0.2) is 72.4 Å². The molecule has 1 aromatic carbocycles. The molecule has 8 nitrogen and oxygen atoms in total. The minimum atomic E-state index is -0.588. The molecule has 0 bridgehead atoms. The summed E-state index contributed by atoms with van der Waals surface area (Å²) < 4.78 is 0. The van der Waals surface area contributed by atoms with Crippen molar-refractivity contribution in [2.75, 3.05) is 45.8 Å². The zero-order chi connectivity index (χ0) is 21.1. The molecule has 2 amide bonds. The molecule has 1 N–H and O–H groups in total. The Bertz CT molecular complexity index is 785. The molecule has 0 spiro atoms. The van der Waals surface area contributed by atoms with Crippen LogP contribution in [0.1, 0.15) is 30.6 Å². The van der Waals surface area contributed by atoms with Gasteiger partial charge in [0, 0.05) is 24.7 Å². The maximum absolute atomic E-state index is 12.7. The maximum Gasteiger partial charge on any atom is 0.288 e. The van der Waals surface area contributed by atoms with Crippen molar-refractivity contribution >= 4 is 29.1 Å². The van der Waals surface area contributed by atoms with Crippen LogP contribution < -0.4 is 4.90 Å². The highest BCUT2D eigenvalue weighted by molar-refractivity contribution is 6.32. The van der Waals surface area contributed by atoms with E-state index in [1.54, 1.807) is 4.90 Å². The van der Waals surface area contributed by atoms with E-state index in [-0.39, 0.29) is 28.1 Å². The van der Waals surface area contributed by atoms with E-state index in [2.05, 4.69) is 13.8 Å². The van der Waals surface area contributed by atoms with Crippen LogP contribution in [-0.2, 0) is 4.79 Å². The summed E-state index contributed by atoms with van der Waals surface area (Å²) in [7, 11) is 0. The Morgan fingerprint density at radius 2 is 1.79 bits per heavy atom. The number of benzene rings is 1. The summed E-state index contributed by atoms with van der Waals surface area (Å²) in [6.45, 7) is 8.90. The summed E-state index contributed by atoms with van der Waals surface area (Å²) in [5.41, 5.74) is -0.00530. The molecule has 2 aliphatic heterocycles. The first-order chi connectivity index (χ1) is 13.7. The van der Waals surface area contributed by atoms with Crippen molar-refractivity contribution in [2.45, 2.75) is 20.3 Å². The average molecular weight is 424 g/mol. The van der Waals surface area contributed by atoms with E-state index in [4.69, 9.17) is 11.6 Å². The van der Waals surface area contributed by atoms with Crippen molar-refractivity contribution < 1.29 is 19.4 Å². The Morgan fingerprint density at radius 3 is 2.38 bits per heavy atom. The van der Waals surface area contributed by atoms with Crippen LogP contribution in [0.15, 0.2) is 18.2 Å². The molecule has 9 heteroatoms. The number of halogens is 1. The minimum Gasteiger partial charge on any atom is -0.337 e. The number of piperazine rings is 1. The van der Waals surface area contributed by atoms with Crippen molar-refractivity contribution in [1.82, 2.24) is 9.80 Å². The molecule has 0 radical (unpaired) electrons. The van der Waals surface area contributed by atoms with Crippen LogP contribution in [0.4, 0.5) is 5.69 Å². The second-order valence-electron chi connectivity index (χ2n) is 8.39. The van der Waals surface area contributed by atoms with Gasteiger partial charge in [-0.25, -0.2) is 0 Å². The number of nitro groups is 1. The van der Waals surface area contributed by atoms with Crippen LogP contribution >= 0.6 is 11.6 Å². The van der Waals surface area contributed by atoms with Gasteiger partial charge in [-0.2, -0.15) is 0 Å². The van der Waals surface area contributed by atoms with Crippen LogP contribution in [0.3, 0.4) is 0 Å². The summed E-state index contributed by atoms with van der Waals surface area (Å²) in [5.74, 6) is 1.02. The van der Waals surface area contributed by atoms with Gasteiger partial charge in [-0.1, -0.05) is 25.4 Å². The van der Waals surface area contributed by atoms with Gasteiger partial charge in [0.05, 0.1) is 31.1 Å². The van der Waals surface area contributed by atoms with Gasteiger partial charge >= 0.3 is 0 Å². The number of likely N-dealkylation sites (tertiary alicyclic amines) is 1. The number of nitrogens with one attached hydrogen (secondary N) is 1. The Morgan fingerprint density at radius 1 is 1.17 bits per heavy atom. The highest BCUT2D eigenvalue weighted by Crippen LogP contribution is 2.25. The van der Waals surface area contributed by atoms with Gasteiger partial charge in [0.2, 0.25) is 0 Å². The lowest BCUT2D eigenvalue weighted by atomic mass is 9.92. The summed E-state index contributed by atoms with van der Waals surface area (Å²) in [6, 6.07) is 4.12. The number of quaternary nitrogens is 1. The van der Waals surface area contributed by atoms with Gasteiger partial charge in [-0.15, -0.1) is 0 Å². The normalized spacial score (nSPS) is 23.1. The fourth-order valence-electron chi connectivity index (χ4n) is 4.36. The highest BCUT2D eigenvalue weighted by atomic mass is 35.5. The molecule has 0 unspecified atom stereocenters. The number of piperidine rings is 1. The van der Waals surface area contributed by atoms with Gasteiger partial charge in [-0.05, 0) is 30.4 Å². The fraction of sp³-hybridized carbons (Fsp3) is 0.600. The maximum atomic E-state index is 12.7. The van der Waals surface area contributed by atoms with Crippen LogP contribution in [0.5, 0.6) is 0 Å². The average Bonchev–Trinajstić information content (AvgIpc) is 2.67. The standard InChI is InChI=1S/C20H27ClN4O4/c1-14-9-15(2)12-24(11-14)19(26)13-22-5-7-23(8-6-22)20(27)16-3-4-17(21)18(10-16)25(28)29/h3-4,10,14-15H,5-9,11-13H2,1-2H3/p+1/t14-,15-/m1/s1. The highest BCUT2D eigenvalue weighted by Gasteiger charge is 2.31. The Labute approximate surface area is 175 Å². The summed E-state index contributed by atoms with van der Waals surface area (Å²) in [6.07, 6.45) is 1.17. The van der Waals surface area contributed by atoms with Gasteiger partial charge in [0.1, 0.15) is 5.02 Å². The molecule has 3 rings (SSSR count). The molecule has 2 aliphatic rings. The summed E-state index contributed by atoms with van der Waals surface area (Å²) in [5, 5.41) is 11.1. The van der Waals surface area contributed by atoms with Crippen molar-refractivity contribution in [1.29, 1.82) is 0 Å². The van der Waals surface area contributed by atoms with E-state index in [1.165, 1.54) is 29.5 Å². The predicted octanol–water partition coefficient (Wildman–Crippen LogP) is 1.09. The lowest BCUT2D eigenvalue weighted by molar-refractivity contribution is -0.896. The third-order valence-electron chi connectivity index (χ3n) is 5.77. The van der Waals surface area contributed by atoms with E-state index >= 15 is 0 Å². The number of amides is 2. The Balaban J connectivity index is 1.54. The largest absolute Gasteiger partial charge is 0.337 e.